The Bertz CT molecular complexity index is 1210. The first-order valence-corrected chi connectivity index (χ1v) is 11.7. The summed E-state index contributed by atoms with van der Waals surface area (Å²) in [5.74, 6) is 0.589. The molecule has 5 heterocycles. The Morgan fingerprint density at radius 1 is 1.11 bits per heavy atom. The minimum absolute atomic E-state index is 0.148. The Labute approximate surface area is 203 Å². The van der Waals surface area contributed by atoms with Crippen LogP contribution in [0.25, 0.3) is 11.2 Å². The van der Waals surface area contributed by atoms with Crippen molar-refractivity contribution in [2.75, 3.05) is 24.5 Å². The van der Waals surface area contributed by atoms with Crippen LogP contribution in [-0.2, 0) is 12.7 Å². The summed E-state index contributed by atoms with van der Waals surface area (Å²) in [7, 11) is 0. The van der Waals surface area contributed by atoms with Crippen molar-refractivity contribution < 1.29 is 27.1 Å². The Hall–Kier alpha value is -2.93. The number of rotatable bonds is 5. The Kier molecular flexibility index (Phi) is 6.31. The van der Waals surface area contributed by atoms with Crippen LogP contribution in [0.2, 0.25) is 0 Å². The van der Waals surface area contributed by atoms with Crippen LogP contribution in [0.5, 0.6) is 0 Å². The van der Waals surface area contributed by atoms with E-state index in [1.165, 1.54) is 12.3 Å². The van der Waals surface area contributed by atoms with Crippen LogP contribution >= 0.6 is 0 Å². The molecule has 194 valence electrons. The third-order valence-corrected chi connectivity index (χ3v) is 7.35. The number of hydrogen-bond donors (Lipinski definition) is 1. The van der Waals surface area contributed by atoms with Gasteiger partial charge in [-0.3, -0.25) is 9.88 Å². The molecule has 13 heteroatoms. The van der Waals surface area contributed by atoms with Gasteiger partial charge in [0.15, 0.2) is 5.65 Å². The molecule has 0 amide bonds. The summed E-state index contributed by atoms with van der Waals surface area (Å²) in [6, 6.07) is 2.03. The lowest BCUT2D eigenvalue weighted by molar-refractivity contribution is -0.137. The van der Waals surface area contributed by atoms with Gasteiger partial charge in [-0.15, -0.1) is 0 Å². The molecule has 1 N–H and O–H groups in total. The number of aliphatic hydroxyl groups excluding tert-OH is 1. The Morgan fingerprint density at radius 3 is 2.50 bits per heavy atom. The number of hydrogen-bond acceptors (Lipinski definition) is 7. The molecule has 0 aliphatic carbocycles. The number of alkyl halides is 5. The minimum atomic E-state index is -4.45. The fourth-order valence-corrected chi connectivity index (χ4v) is 5.28. The number of piperidine rings is 1. The molecule has 2 fully saturated rings. The monoisotopic (exact) mass is 511 g/mol. The maximum Gasteiger partial charge on any atom is 0.417 e. The van der Waals surface area contributed by atoms with Gasteiger partial charge in [-0.1, -0.05) is 0 Å². The number of halogens is 5. The molecule has 2 unspecified atom stereocenters. The van der Waals surface area contributed by atoms with Crippen LogP contribution < -0.4 is 4.90 Å². The van der Waals surface area contributed by atoms with E-state index in [0.717, 1.165) is 29.8 Å². The molecule has 0 radical (unpaired) electrons. The molecule has 8 nitrogen and oxygen atoms in total. The van der Waals surface area contributed by atoms with Crippen LogP contribution in [0.15, 0.2) is 30.7 Å². The predicted octanol–water partition coefficient (Wildman–Crippen LogP) is 3.88. The van der Waals surface area contributed by atoms with E-state index in [0.29, 0.717) is 48.7 Å². The fourth-order valence-electron chi connectivity index (χ4n) is 5.28. The zero-order chi connectivity index (χ0) is 25.7. The smallest absolute Gasteiger partial charge is 0.378 e. The normalized spacial score (nSPS) is 21.7. The van der Waals surface area contributed by atoms with E-state index >= 15 is 0 Å². The van der Waals surface area contributed by atoms with Crippen LogP contribution in [0.1, 0.15) is 43.5 Å². The summed E-state index contributed by atoms with van der Waals surface area (Å²) in [6.45, 7) is 3.18. The number of likely N-dealkylation sites (tertiary alicyclic amines) is 1. The highest BCUT2D eigenvalue weighted by molar-refractivity contribution is 5.71. The summed E-state index contributed by atoms with van der Waals surface area (Å²) >= 11 is 0. The second-order valence-corrected chi connectivity index (χ2v) is 9.64. The van der Waals surface area contributed by atoms with E-state index in [4.69, 9.17) is 0 Å². The van der Waals surface area contributed by atoms with Crippen molar-refractivity contribution in [3.8, 4) is 0 Å². The first-order chi connectivity index (χ1) is 17.0. The zero-order valence-electron chi connectivity index (χ0n) is 19.5. The number of pyridine rings is 1. The van der Waals surface area contributed by atoms with Crippen molar-refractivity contribution in [1.82, 2.24) is 29.6 Å². The van der Waals surface area contributed by atoms with Gasteiger partial charge in [0.05, 0.1) is 29.7 Å². The Balaban J connectivity index is 1.25. The molecule has 0 bridgehead atoms. The average molecular weight is 511 g/mol. The van der Waals surface area contributed by atoms with Gasteiger partial charge in [0, 0.05) is 25.8 Å². The number of aromatic nitrogens is 5. The lowest BCUT2D eigenvalue weighted by Crippen LogP contribution is -2.42. The molecule has 0 saturated carbocycles. The van der Waals surface area contributed by atoms with Crippen molar-refractivity contribution >= 4 is 17.0 Å². The molecule has 2 aliphatic rings. The molecule has 36 heavy (non-hydrogen) atoms. The first kappa shape index (κ1) is 24.8. The molecular weight excluding hydrogens is 485 g/mol. The summed E-state index contributed by atoms with van der Waals surface area (Å²) in [5.41, 5.74) is 0.287. The lowest BCUT2D eigenvalue weighted by atomic mass is 9.77. The topological polar surface area (TPSA) is 83.2 Å². The summed E-state index contributed by atoms with van der Waals surface area (Å²) in [6.07, 6.45) is -1.78. The highest BCUT2D eigenvalue weighted by atomic mass is 19.4. The summed E-state index contributed by atoms with van der Waals surface area (Å²) < 4.78 is 65.5. The van der Waals surface area contributed by atoms with Gasteiger partial charge in [-0.25, -0.2) is 23.4 Å². The molecule has 3 aromatic rings. The highest BCUT2D eigenvalue weighted by Crippen LogP contribution is 2.46. The number of fused-ring (bicyclic) bond motifs is 1. The number of anilines is 1. The van der Waals surface area contributed by atoms with Gasteiger partial charge < -0.3 is 10.0 Å². The molecule has 3 aromatic heterocycles. The highest BCUT2D eigenvalue weighted by Gasteiger charge is 2.47. The number of aliphatic hydroxyl groups is 1. The summed E-state index contributed by atoms with van der Waals surface area (Å²) in [5, 5.41) is 14.8. The van der Waals surface area contributed by atoms with E-state index in [1.807, 2.05) is 16.7 Å². The van der Waals surface area contributed by atoms with E-state index < -0.39 is 30.9 Å². The van der Waals surface area contributed by atoms with Crippen molar-refractivity contribution in [3.05, 3.63) is 42.0 Å². The van der Waals surface area contributed by atoms with Crippen molar-refractivity contribution in [2.24, 2.45) is 5.41 Å². The van der Waals surface area contributed by atoms with Gasteiger partial charge in [-0.05, 0) is 43.7 Å². The maximum absolute atomic E-state index is 12.9. The summed E-state index contributed by atoms with van der Waals surface area (Å²) in [4.78, 5) is 16.8. The van der Waals surface area contributed by atoms with Gasteiger partial charge in [-0.2, -0.15) is 18.3 Å². The van der Waals surface area contributed by atoms with Gasteiger partial charge >= 0.3 is 6.18 Å². The molecule has 1 spiro atoms. The van der Waals surface area contributed by atoms with E-state index in [1.54, 1.807) is 6.20 Å². The van der Waals surface area contributed by atoms with Crippen LogP contribution in [0, 0.1) is 5.41 Å². The quantitative estimate of drug-likeness (QED) is 0.521. The van der Waals surface area contributed by atoms with Gasteiger partial charge in [0.1, 0.15) is 24.1 Å². The van der Waals surface area contributed by atoms with Crippen LogP contribution in [-0.4, -0.2) is 67.0 Å². The first-order valence-electron chi connectivity index (χ1n) is 11.7. The second-order valence-electron chi connectivity index (χ2n) is 9.64. The van der Waals surface area contributed by atoms with E-state index in [-0.39, 0.29) is 11.5 Å². The molecule has 2 saturated heterocycles. The Morgan fingerprint density at radius 2 is 1.86 bits per heavy atom. The molecule has 0 aromatic carbocycles. The second kappa shape index (κ2) is 9.18. The minimum Gasteiger partial charge on any atom is -0.378 e. The van der Waals surface area contributed by atoms with Crippen molar-refractivity contribution in [1.29, 1.82) is 0 Å². The predicted molar refractivity (Wildman–Crippen MR) is 120 cm³/mol. The molecule has 2 aliphatic heterocycles. The van der Waals surface area contributed by atoms with Crippen LogP contribution in [0.3, 0.4) is 0 Å². The zero-order valence-corrected chi connectivity index (χ0v) is 19.5. The van der Waals surface area contributed by atoms with Crippen molar-refractivity contribution in [3.63, 3.8) is 0 Å². The van der Waals surface area contributed by atoms with E-state index in [9.17, 15) is 27.1 Å². The van der Waals surface area contributed by atoms with Crippen LogP contribution in [0.4, 0.5) is 27.8 Å². The molecule has 2 atom stereocenters. The number of nitrogens with zero attached hydrogens (tertiary/aromatic N) is 7. The fraction of sp³-hybridized carbons (Fsp3) is 0.565. The molecular formula is C23H26F5N7O. The maximum atomic E-state index is 12.9. The SMILES string of the molecule is CC(c1ccc(C(F)(F)F)cn1)N1CC2(CCN(c3cnc4cnn(CC(F)F)c4n3)CC2)CC1O. The lowest BCUT2D eigenvalue weighted by Gasteiger charge is -2.40. The third kappa shape index (κ3) is 4.73. The largest absolute Gasteiger partial charge is 0.417 e. The molecule has 5 rings (SSSR count). The average Bonchev–Trinajstić information content (AvgIpc) is 3.38. The van der Waals surface area contributed by atoms with E-state index in [2.05, 4.69) is 20.1 Å². The third-order valence-electron chi connectivity index (χ3n) is 7.35. The van der Waals surface area contributed by atoms with Gasteiger partial charge in [0.2, 0.25) is 0 Å². The standard InChI is InChI=1S/C23H26F5N7O/c1-14(16-3-2-15(9-29-16)23(26,27)28)34-13-22(8-20(34)36)4-6-33(7-5-22)19-11-30-17-10-31-35(12-18(24)25)21(17)32-19/h2-3,9-11,14,18,20,36H,4-8,12-13H2,1H3. The van der Waals surface area contributed by atoms with Gasteiger partial charge in [0.25, 0.3) is 6.43 Å². The van der Waals surface area contributed by atoms with Crippen molar-refractivity contribution in [2.45, 2.75) is 57.6 Å².